The van der Waals surface area contributed by atoms with E-state index in [0.717, 1.165) is 0 Å². The first kappa shape index (κ1) is 18.2. The molecule has 1 heterocycles. The van der Waals surface area contributed by atoms with E-state index in [1.165, 1.54) is 4.90 Å². The maximum absolute atomic E-state index is 13.8. The smallest absolute Gasteiger partial charge is 0.257 e. The zero-order chi connectivity index (χ0) is 18.7. The van der Waals surface area contributed by atoms with Gasteiger partial charge in [0.1, 0.15) is 18.5 Å². The zero-order valence-electron chi connectivity index (χ0n) is 13.6. The van der Waals surface area contributed by atoms with E-state index in [-0.39, 0.29) is 26.3 Å². The second kappa shape index (κ2) is 7.74. The van der Waals surface area contributed by atoms with Crippen LogP contribution in [0.5, 0.6) is 5.75 Å². The number of carbonyl (C=O) groups excluding carboxylic acids is 1. The van der Waals surface area contributed by atoms with Crippen molar-refractivity contribution in [3.05, 3.63) is 65.2 Å². The van der Waals surface area contributed by atoms with Crippen LogP contribution in [0.25, 0.3) is 0 Å². The third-order valence-electron chi connectivity index (χ3n) is 3.94. The average molecular weight is 369 g/mol. The van der Waals surface area contributed by atoms with Gasteiger partial charge < -0.3 is 14.4 Å². The Kier molecular flexibility index (Phi) is 5.41. The summed E-state index contributed by atoms with van der Waals surface area (Å²) < 4.78 is 64.6. The van der Waals surface area contributed by atoms with Crippen LogP contribution in [0, 0.1) is 23.3 Å². The van der Waals surface area contributed by atoms with Gasteiger partial charge in [-0.3, -0.25) is 4.79 Å². The van der Waals surface area contributed by atoms with Gasteiger partial charge in [0.2, 0.25) is 0 Å². The second-order valence-corrected chi connectivity index (χ2v) is 5.72. The molecule has 138 valence electrons. The van der Waals surface area contributed by atoms with E-state index < -0.39 is 40.8 Å². The van der Waals surface area contributed by atoms with Crippen molar-refractivity contribution in [2.24, 2.45) is 0 Å². The highest BCUT2D eigenvalue weighted by atomic mass is 19.2. The summed E-state index contributed by atoms with van der Waals surface area (Å²) in [6, 6.07) is 9.30. The molecule has 26 heavy (non-hydrogen) atoms. The van der Waals surface area contributed by atoms with Crippen molar-refractivity contribution in [3.63, 3.8) is 0 Å². The van der Waals surface area contributed by atoms with Crippen molar-refractivity contribution in [2.75, 3.05) is 26.3 Å². The Bertz CT molecular complexity index is 801. The van der Waals surface area contributed by atoms with Crippen LogP contribution in [-0.2, 0) is 4.74 Å². The van der Waals surface area contributed by atoms with Crippen molar-refractivity contribution in [2.45, 2.75) is 6.10 Å². The van der Waals surface area contributed by atoms with E-state index in [1.807, 2.05) is 6.07 Å². The van der Waals surface area contributed by atoms with Crippen molar-refractivity contribution >= 4 is 5.91 Å². The van der Waals surface area contributed by atoms with Crippen molar-refractivity contribution in [3.8, 4) is 5.75 Å². The first-order valence-corrected chi connectivity index (χ1v) is 7.89. The lowest BCUT2D eigenvalue weighted by Crippen LogP contribution is -2.47. The van der Waals surface area contributed by atoms with Crippen LogP contribution in [0.1, 0.15) is 10.4 Å². The molecule has 2 aromatic rings. The molecule has 8 heteroatoms. The molecule has 1 amide bonds. The maximum Gasteiger partial charge on any atom is 0.257 e. The second-order valence-electron chi connectivity index (χ2n) is 5.72. The zero-order valence-corrected chi connectivity index (χ0v) is 13.6. The summed E-state index contributed by atoms with van der Waals surface area (Å²) in [7, 11) is 0. The van der Waals surface area contributed by atoms with E-state index >= 15 is 0 Å². The Labute approximate surface area is 146 Å². The normalized spacial score (nSPS) is 17.2. The molecule has 0 saturated carbocycles. The van der Waals surface area contributed by atoms with Gasteiger partial charge in [0, 0.05) is 6.54 Å². The fraction of sp³-hybridized carbons (Fsp3) is 0.278. The Morgan fingerprint density at radius 1 is 1.12 bits per heavy atom. The molecule has 0 aliphatic carbocycles. The Morgan fingerprint density at radius 3 is 2.58 bits per heavy atom. The Morgan fingerprint density at radius 2 is 1.85 bits per heavy atom. The molecule has 0 N–H and O–H groups in total. The molecular weight excluding hydrogens is 354 g/mol. The van der Waals surface area contributed by atoms with Gasteiger partial charge in [0.05, 0.1) is 18.7 Å². The standard InChI is InChI=1S/C18H15F4NO3/c19-14-8-13(15(20)17(22)16(14)21)18(24)23-6-7-25-12(9-23)10-26-11-4-2-1-3-5-11/h1-5,8,12H,6-7,9-10H2/t12-/m1/s1. The van der Waals surface area contributed by atoms with Gasteiger partial charge in [-0.15, -0.1) is 0 Å². The lowest BCUT2D eigenvalue weighted by molar-refractivity contribution is -0.0402. The molecule has 0 bridgehead atoms. The molecule has 2 aromatic carbocycles. The van der Waals surface area contributed by atoms with E-state index in [0.29, 0.717) is 11.8 Å². The molecule has 0 unspecified atom stereocenters. The van der Waals surface area contributed by atoms with Gasteiger partial charge in [0.25, 0.3) is 5.91 Å². The highest BCUT2D eigenvalue weighted by Gasteiger charge is 2.30. The topological polar surface area (TPSA) is 38.8 Å². The van der Waals surface area contributed by atoms with Gasteiger partial charge in [-0.25, -0.2) is 17.6 Å². The van der Waals surface area contributed by atoms with Gasteiger partial charge in [0.15, 0.2) is 23.3 Å². The average Bonchev–Trinajstić information content (AvgIpc) is 2.68. The van der Waals surface area contributed by atoms with Crippen molar-refractivity contribution < 1.29 is 31.8 Å². The molecule has 1 aliphatic heterocycles. The molecule has 1 fully saturated rings. The number of morpholine rings is 1. The van der Waals surface area contributed by atoms with E-state index in [4.69, 9.17) is 9.47 Å². The number of rotatable bonds is 4. The summed E-state index contributed by atoms with van der Waals surface area (Å²) in [5.74, 6) is -7.61. The molecule has 4 nitrogen and oxygen atoms in total. The molecule has 1 atom stereocenters. The first-order chi connectivity index (χ1) is 12.5. The Hall–Kier alpha value is -2.61. The molecular formula is C18H15F4NO3. The molecule has 0 aromatic heterocycles. The number of halogens is 4. The summed E-state index contributed by atoms with van der Waals surface area (Å²) in [5, 5.41) is 0. The Balaban J connectivity index is 1.68. The summed E-state index contributed by atoms with van der Waals surface area (Å²) in [6.45, 7) is 0.456. The van der Waals surface area contributed by atoms with E-state index in [1.54, 1.807) is 24.3 Å². The number of nitrogens with zero attached hydrogens (tertiary/aromatic N) is 1. The van der Waals surface area contributed by atoms with Crippen LogP contribution in [0.2, 0.25) is 0 Å². The van der Waals surface area contributed by atoms with Crippen LogP contribution < -0.4 is 4.74 Å². The monoisotopic (exact) mass is 369 g/mol. The molecule has 1 saturated heterocycles. The fourth-order valence-electron chi connectivity index (χ4n) is 2.61. The van der Waals surface area contributed by atoms with Crippen LogP contribution in [-0.4, -0.2) is 43.2 Å². The fourth-order valence-corrected chi connectivity index (χ4v) is 2.61. The number of benzene rings is 2. The summed E-state index contributed by atoms with van der Waals surface area (Å²) >= 11 is 0. The summed E-state index contributed by atoms with van der Waals surface area (Å²) in [4.78, 5) is 13.6. The number of para-hydroxylation sites is 1. The molecule has 3 rings (SSSR count). The predicted molar refractivity (Wildman–Crippen MR) is 83.9 cm³/mol. The van der Waals surface area contributed by atoms with Crippen molar-refractivity contribution in [1.29, 1.82) is 0 Å². The number of amides is 1. The summed E-state index contributed by atoms with van der Waals surface area (Å²) in [5.41, 5.74) is -0.856. The molecule has 0 radical (unpaired) electrons. The number of carbonyl (C=O) groups is 1. The predicted octanol–water partition coefficient (Wildman–Crippen LogP) is 3.16. The minimum absolute atomic E-state index is 0.0473. The number of hydrogen-bond acceptors (Lipinski definition) is 3. The van der Waals surface area contributed by atoms with E-state index in [2.05, 4.69) is 0 Å². The largest absolute Gasteiger partial charge is 0.491 e. The lowest BCUT2D eigenvalue weighted by atomic mass is 10.1. The quantitative estimate of drug-likeness (QED) is 0.472. The molecule has 1 aliphatic rings. The third-order valence-corrected chi connectivity index (χ3v) is 3.94. The van der Waals surface area contributed by atoms with Gasteiger partial charge in [-0.1, -0.05) is 18.2 Å². The lowest BCUT2D eigenvalue weighted by Gasteiger charge is -2.33. The van der Waals surface area contributed by atoms with Crippen LogP contribution in [0.15, 0.2) is 36.4 Å². The first-order valence-electron chi connectivity index (χ1n) is 7.89. The van der Waals surface area contributed by atoms with Crippen LogP contribution >= 0.6 is 0 Å². The van der Waals surface area contributed by atoms with Crippen LogP contribution in [0.4, 0.5) is 17.6 Å². The minimum atomic E-state index is -2.01. The third kappa shape index (κ3) is 3.80. The SMILES string of the molecule is O=C(c1cc(F)c(F)c(F)c1F)N1CCO[C@@H](COc2ccccc2)C1. The number of hydrogen-bond donors (Lipinski definition) is 0. The van der Waals surface area contributed by atoms with Gasteiger partial charge in [-0.2, -0.15) is 0 Å². The molecule has 0 spiro atoms. The van der Waals surface area contributed by atoms with Crippen molar-refractivity contribution in [1.82, 2.24) is 4.90 Å². The highest BCUT2D eigenvalue weighted by Crippen LogP contribution is 2.21. The summed E-state index contributed by atoms with van der Waals surface area (Å²) in [6.07, 6.45) is -0.494. The van der Waals surface area contributed by atoms with Gasteiger partial charge in [-0.05, 0) is 18.2 Å². The highest BCUT2D eigenvalue weighted by molar-refractivity contribution is 5.94. The van der Waals surface area contributed by atoms with Gasteiger partial charge >= 0.3 is 0 Å². The number of ether oxygens (including phenoxy) is 2. The van der Waals surface area contributed by atoms with Crippen LogP contribution in [0.3, 0.4) is 0 Å². The maximum atomic E-state index is 13.8. The van der Waals surface area contributed by atoms with E-state index in [9.17, 15) is 22.4 Å². The minimum Gasteiger partial charge on any atom is -0.491 e.